The molecular formula is C14H9Cl2N5O. The van der Waals surface area contributed by atoms with Crippen molar-refractivity contribution < 1.29 is 4.79 Å². The summed E-state index contributed by atoms with van der Waals surface area (Å²) >= 11 is 11.9. The predicted octanol–water partition coefficient (Wildman–Crippen LogP) is 3.43. The maximum Gasteiger partial charge on any atom is 0.275 e. The Kier molecular flexibility index (Phi) is 4.04. The Morgan fingerprint density at radius 2 is 1.91 bits per heavy atom. The Morgan fingerprint density at radius 1 is 1.14 bits per heavy atom. The molecule has 3 aromatic rings. The number of nitrogens with one attached hydrogen (secondary N) is 2. The smallest absolute Gasteiger partial charge is 0.275 e. The highest BCUT2D eigenvalue weighted by molar-refractivity contribution is 6.35. The molecule has 2 aromatic heterocycles. The Hall–Kier alpha value is -2.44. The van der Waals surface area contributed by atoms with Crippen LogP contribution in [-0.2, 0) is 0 Å². The number of benzene rings is 1. The Labute approximate surface area is 135 Å². The van der Waals surface area contributed by atoms with Crippen molar-refractivity contribution in [2.75, 3.05) is 5.32 Å². The quantitative estimate of drug-likeness (QED) is 0.769. The average molecular weight is 334 g/mol. The van der Waals surface area contributed by atoms with E-state index in [-0.39, 0.29) is 11.6 Å². The van der Waals surface area contributed by atoms with Gasteiger partial charge in [-0.2, -0.15) is 5.10 Å². The van der Waals surface area contributed by atoms with Gasteiger partial charge in [0.25, 0.3) is 5.91 Å². The van der Waals surface area contributed by atoms with E-state index in [4.69, 9.17) is 23.2 Å². The summed E-state index contributed by atoms with van der Waals surface area (Å²) in [6.07, 6.45) is 2.80. The van der Waals surface area contributed by atoms with Crippen molar-refractivity contribution in [3.8, 4) is 11.3 Å². The number of halogens is 2. The molecule has 0 aliphatic carbocycles. The molecule has 0 fully saturated rings. The van der Waals surface area contributed by atoms with Crippen LogP contribution in [0.25, 0.3) is 11.3 Å². The molecule has 2 N–H and O–H groups in total. The summed E-state index contributed by atoms with van der Waals surface area (Å²) in [5.74, 6) is -0.000660. The number of carbonyl (C=O) groups is 1. The third-order valence-electron chi connectivity index (χ3n) is 2.81. The highest BCUT2D eigenvalue weighted by Crippen LogP contribution is 2.27. The van der Waals surface area contributed by atoms with E-state index in [0.29, 0.717) is 21.6 Å². The number of rotatable bonds is 3. The van der Waals surface area contributed by atoms with Crippen molar-refractivity contribution >= 4 is 34.9 Å². The van der Waals surface area contributed by atoms with Crippen LogP contribution in [0.15, 0.2) is 42.9 Å². The number of anilines is 1. The normalized spacial score (nSPS) is 10.5. The molecule has 8 heteroatoms. The van der Waals surface area contributed by atoms with Crippen LogP contribution < -0.4 is 5.32 Å². The molecule has 3 rings (SSSR count). The zero-order valence-corrected chi connectivity index (χ0v) is 12.6. The highest BCUT2D eigenvalue weighted by atomic mass is 35.5. The Bertz CT molecular complexity index is 799. The lowest BCUT2D eigenvalue weighted by atomic mass is 10.1. The lowest BCUT2D eigenvalue weighted by Crippen LogP contribution is -2.13. The topological polar surface area (TPSA) is 83.6 Å². The molecule has 6 nitrogen and oxygen atoms in total. The monoisotopic (exact) mass is 333 g/mol. The van der Waals surface area contributed by atoms with Gasteiger partial charge in [-0.1, -0.05) is 23.2 Å². The van der Waals surface area contributed by atoms with Crippen molar-refractivity contribution in [1.29, 1.82) is 0 Å². The number of hydrogen-bond donors (Lipinski definition) is 2. The molecule has 0 bridgehead atoms. The van der Waals surface area contributed by atoms with Crippen LogP contribution >= 0.6 is 23.2 Å². The molecule has 0 radical (unpaired) electrons. The molecule has 110 valence electrons. The molecule has 22 heavy (non-hydrogen) atoms. The van der Waals surface area contributed by atoms with Crippen LogP contribution in [0.2, 0.25) is 10.0 Å². The third kappa shape index (κ3) is 3.24. The molecule has 0 saturated carbocycles. The predicted molar refractivity (Wildman–Crippen MR) is 84.0 cm³/mol. The average Bonchev–Trinajstić information content (AvgIpc) is 2.96. The van der Waals surface area contributed by atoms with Crippen LogP contribution in [-0.4, -0.2) is 26.1 Å². The van der Waals surface area contributed by atoms with Crippen molar-refractivity contribution in [2.24, 2.45) is 0 Å². The Morgan fingerprint density at radius 3 is 2.59 bits per heavy atom. The van der Waals surface area contributed by atoms with E-state index in [1.165, 1.54) is 18.6 Å². The first-order chi connectivity index (χ1) is 10.6. The summed E-state index contributed by atoms with van der Waals surface area (Å²) in [7, 11) is 0. The van der Waals surface area contributed by atoms with E-state index in [0.717, 1.165) is 5.56 Å². The SMILES string of the molecule is O=C(Nc1cc(-c2cc(Cl)cc(Cl)c2)[nH]n1)c1ccncn1. The van der Waals surface area contributed by atoms with E-state index in [2.05, 4.69) is 25.5 Å². The van der Waals surface area contributed by atoms with Crippen LogP contribution in [0.4, 0.5) is 5.82 Å². The molecule has 1 aromatic carbocycles. The van der Waals surface area contributed by atoms with E-state index in [9.17, 15) is 4.79 Å². The fraction of sp³-hybridized carbons (Fsp3) is 0. The van der Waals surface area contributed by atoms with Gasteiger partial charge in [-0.05, 0) is 24.3 Å². The number of nitrogens with zero attached hydrogens (tertiary/aromatic N) is 3. The summed E-state index contributed by atoms with van der Waals surface area (Å²) in [5.41, 5.74) is 1.71. The van der Waals surface area contributed by atoms with E-state index in [1.807, 2.05) is 0 Å². The summed E-state index contributed by atoms with van der Waals surface area (Å²) < 4.78 is 0. The second-order valence-electron chi connectivity index (χ2n) is 4.37. The van der Waals surface area contributed by atoms with Gasteiger partial charge in [-0.25, -0.2) is 9.97 Å². The van der Waals surface area contributed by atoms with Gasteiger partial charge in [0.15, 0.2) is 5.82 Å². The van der Waals surface area contributed by atoms with Gasteiger partial charge in [0, 0.05) is 27.9 Å². The summed E-state index contributed by atoms with van der Waals surface area (Å²) in [6, 6.07) is 8.33. The zero-order valence-electron chi connectivity index (χ0n) is 11.0. The molecule has 0 atom stereocenters. The van der Waals surface area contributed by atoms with Gasteiger partial charge >= 0.3 is 0 Å². The lowest BCUT2D eigenvalue weighted by molar-refractivity contribution is 0.102. The van der Waals surface area contributed by atoms with Gasteiger partial charge in [0.1, 0.15) is 12.0 Å². The third-order valence-corrected chi connectivity index (χ3v) is 3.24. The van der Waals surface area contributed by atoms with E-state index in [1.54, 1.807) is 24.3 Å². The number of hydrogen-bond acceptors (Lipinski definition) is 4. The molecule has 2 heterocycles. The second kappa shape index (κ2) is 6.13. The number of aromatic nitrogens is 4. The molecule has 0 saturated heterocycles. The minimum Gasteiger partial charge on any atom is -0.304 e. The molecule has 0 unspecified atom stereocenters. The largest absolute Gasteiger partial charge is 0.304 e. The molecular weight excluding hydrogens is 325 g/mol. The second-order valence-corrected chi connectivity index (χ2v) is 5.25. The molecule has 0 aliphatic rings. The minimum atomic E-state index is -0.371. The standard InChI is InChI=1S/C14H9Cl2N5O/c15-9-3-8(4-10(16)5-9)12-6-13(21-20-12)19-14(22)11-1-2-17-7-18-11/h1-7H,(H2,19,20,21,22). The van der Waals surface area contributed by atoms with Crippen LogP contribution in [0, 0.1) is 0 Å². The van der Waals surface area contributed by atoms with Crippen molar-refractivity contribution in [3.63, 3.8) is 0 Å². The maximum atomic E-state index is 12.0. The van der Waals surface area contributed by atoms with Crippen LogP contribution in [0.3, 0.4) is 0 Å². The first kappa shape index (κ1) is 14.5. The van der Waals surface area contributed by atoms with Gasteiger partial charge in [-0.3, -0.25) is 9.89 Å². The lowest BCUT2D eigenvalue weighted by Gasteiger charge is -2.00. The van der Waals surface area contributed by atoms with Gasteiger partial charge in [0.2, 0.25) is 0 Å². The van der Waals surface area contributed by atoms with Crippen molar-refractivity contribution in [1.82, 2.24) is 20.2 Å². The first-order valence-corrected chi connectivity index (χ1v) is 6.96. The van der Waals surface area contributed by atoms with Gasteiger partial charge in [-0.15, -0.1) is 0 Å². The van der Waals surface area contributed by atoms with Gasteiger partial charge < -0.3 is 5.32 Å². The number of aromatic amines is 1. The van der Waals surface area contributed by atoms with E-state index < -0.39 is 0 Å². The Balaban J connectivity index is 1.81. The molecule has 0 aliphatic heterocycles. The molecule has 1 amide bonds. The number of carbonyl (C=O) groups excluding carboxylic acids is 1. The fourth-order valence-electron chi connectivity index (χ4n) is 1.85. The maximum absolute atomic E-state index is 12.0. The number of amides is 1. The summed E-state index contributed by atoms with van der Waals surface area (Å²) in [5, 5.41) is 10.5. The molecule has 0 spiro atoms. The van der Waals surface area contributed by atoms with E-state index >= 15 is 0 Å². The van der Waals surface area contributed by atoms with Gasteiger partial charge in [0.05, 0.1) is 5.69 Å². The minimum absolute atomic E-state index is 0.255. The summed E-state index contributed by atoms with van der Waals surface area (Å²) in [6.45, 7) is 0. The van der Waals surface area contributed by atoms with Crippen LogP contribution in [0.5, 0.6) is 0 Å². The first-order valence-electron chi connectivity index (χ1n) is 6.21. The highest BCUT2D eigenvalue weighted by Gasteiger charge is 2.11. The number of H-pyrrole nitrogens is 1. The van der Waals surface area contributed by atoms with Crippen molar-refractivity contribution in [3.05, 3.63) is 58.6 Å². The zero-order chi connectivity index (χ0) is 15.5. The fourth-order valence-corrected chi connectivity index (χ4v) is 2.37. The van der Waals surface area contributed by atoms with Crippen molar-refractivity contribution in [2.45, 2.75) is 0 Å². The summed E-state index contributed by atoms with van der Waals surface area (Å²) in [4.78, 5) is 19.6. The van der Waals surface area contributed by atoms with Crippen LogP contribution in [0.1, 0.15) is 10.5 Å².